The molecule has 0 unspecified atom stereocenters. The minimum atomic E-state index is -0.530. The molecule has 0 saturated carbocycles. The van der Waals surface area contributed by atoms with Gasteiger partial charge in [0.25, 0.3) is 0 Å². The Morgan fingerprint density at radius 3 is 2.50 bits per heavy atom. The number of carbonyl (C=O) groups is 1. The van der Waals surface area contributed by atoms with Gasteiger partial charge >= 0.3 is 0 Å². The number of hydrogen-bond donors (Lipinski definition) is 0. The van der Waals surface area contributed by atoms with Crippen LogP contribution in [0, 0.1) is 5.41 Å². The molecule has 2 aliphatic rings. The van der Waals surface area contributed by atoms with Crippen LogP contribution in [-0.4, -0.2) is 24.8 Å². The lowest BCUT2D eigenvalue weighted by molar-refractivity contribution is -0.283. The molecule has 0 amide bonds. The second-order valence-electron chi connectivity index (χ2n) is 7.61. The highest BCUT2D eigenvalue weighted by Gasteiger charge is 2.45. The molecule has 4 rings (SSSR count). The summed E-state index contributed by atoms with van der Waals surface area (Å²) in [6, 6.07) is 7.91. The predicted octanol–water partition coefficient (Wildman–Crippen LogP) is 4.56. The first-order valence-electron chi connectivity index (χ1n) is 8.32. The third-order valence-corrected chi connectivity index (χ3v) is 5.58. The summed E-state index contributed by atoms with van der Waals surface area (Å²) in [6.07, 6.45) is 1.68. The van der Waals surface area contributed by atoms with Crippen LogP contribution >= 0.6 is 11.6 Å². The highest BCUT2D eigenvalue weighted by Crippen LogP contribution is 2.45. The quantitative estimate of drug-likeness (QED) is 0.711. The first kappa shape index (κ1) is 16.1. The van der Waals surface area contributed by atoms with Gasteiger partial charge < -0.3 is 9.47 Å². The molecule has 1 aliphatic heterocycles. The Labute approximate surface area is 146 Å². The van der Waals surface area contributed by atoms with Crippen molar-refractivity contribution in [1.29, 1.82) is 0 Å². The molecule has 1 saturated heterocycles. The summed E-state index contributed by atoms with van der Waals surface area (Å²) < 4.78 is 11.8. The SMILES string of the molecule is CC(=O)c1c2c(cc3c(Cl)cccc13)CC1(COC(C)(C)OC1)C2. The van der Waals surface area contributed by atoms with E-state index >= 15 is 0 Å². The molecule has 1 spiro atoms. The van der Waals surface area contributed by atoms with Gasteiger partial charge in [0.15, 0.2) is 11.6 Å². The van der Waals surface area contributed by atoms with Gasteiger partial charge in [0.1, 0.15) is 0 Å². The van der Waals surface area contributed by atoms with Gasteiger partial charge in [0.05, 0.1) is 13.2 Å². The van der Waals surface area contributed by atoms with Crippen molar-refractivity contribution >= 4 is 28.2 Å². The van der Waals surface area contributed by atoms with Gasteiger partial charge in [-0.1, -0.05) is 23.7 Å². The van der Waals surface area contributed by atoms with Crippen molar-refractivity contribution in [3.8, 4) is 0 Å². The number of halogens is 1. The van der Waals surface area contributed by atoms with E-state index in [4.69, 9.17) is 21.1 Å². The number of fused-ring (bicyclic) bond motifs is 2. The van der Waals surface area contributed by atoms with Crippen LogP contribution in [0.3, 0.4) is 0 Å². The largest absolute Gasteiger partial charge is 0.350 e. The summed E-state index contributed by atoms with van der Waals surface area (Å²) in [4.78, 5) is 12.4. The average molecular weight is 345 g/mol. The van der Waals surface area contributed by atoms with Crippen molar-refractivity contribution in [3.05, 3.63) is 46.0 Å². The van der Waals surface area contributed by atoms with E-state index in [-0.39, 0.29) is 11.2 Å². The second-order valence-corrected chi connectivity index (χ2v) is 8.02. The normalized spacial score (nSPS) is 21.2. The molecule has 24 heavy (non-hydrogen) atoms. The highest BCUT2D eigenvalue weighted by molar-refractivity contribution is 6.36. The van der Waals surface area contributed by atoms with E-state index in [1.54, 1.807) is 6.92 Å². The molecule has 1 heterocycles. The Morgan fingerprint density at radius 2 is 1.83 bits per heavy atom. The third-order valence-electron chi connectivity index (χ3n) is 5.25. The Bertz CT molecular complexity index is 844. The van der Waals surface area contributed by atoms with Gasteiger partial charge in [0.2, 0.25) is 0 Å². The number of carbonyl (C=O) groups excluding carboxylic acids is 1. The number of rotatable bonds is 1. The van der Waals surface area contributed by atoms with E-state index in [0.29, 0.717) is 18.2 Å². The van der Waals surface area contributed by atoms with E-state index in [1.807, 2.05) is 32.0 Å². The predicted molar refractivity (Wildman–Crippen MR) is 94.8 cm³/mol. The monoisotopic (exact) mass is 344 g/mol. The van der Waals surface area contributed by atoms with E-state index in [9.17, 15) is 4.79 Å². The van der Waals surface area contributed by atoms with Crippen LogP contribution in [0.4, 0.5) is 0 Å². The summed E-state index contributed by atoms with van der Waals surface area (Å²) in [7, 11) is 0. The van der Waals surface area contributed by atoms with E-state index in [1.165, 1.54) is 5.56 Å². The highest BCUT2D eigenvalue weighted by atomic mass is 35.5. The van der Waals surface area contributed by atoms with Crippen LogP contribution in [-0.2, 0) is 22.3 Å². The zero-order valence-electron chi connectivity index (χ0n) is 14.2. The number of ether oxygens (including phenoxy) is 2. The molecule has 0 radical (unpaired) electrons. The molecule has 2 aromatic carbocycles. The van der Waals surface area contributed by atoms with E-state index in [0.717, 1.165) is 34.7 Å². The topological polar surface area (TPSA) is 35.5 Å². The molecular weight excluding hydrogens is 324 g/mol. The van der Waals surface area contributed by atoms with Crippen molar-refractivity contribution in [2.24, 2.45) is 5.41 Å². The molecule has 0 aromatic heterocycles. The van der Waals surface area contributed by atoms with Crippen LogP contribution in [0.25, 0.3) is 10.8 Å². The standard InChI is InChI=1S/C20H21ClO3/c1-12(22)18-14-5-4-6-17(21)15(14)7-13-8-20(9-16(13)18)10-23-19(2,3)24-11-20/h4-7H,8-11H2,1-3H3. The second kappa shape index (κ2) is 5.29. The molecule has 2 aromatic rings. The first-order valence-corrected chi connectivity index (χ1v) is 8.70. The maximum atomic E-state index is 12.4. The van der Waals surface area contributed by atoms with Crippen molar-refractivity contribution in [2.75, 3.05) is 13.2 Å². The minimum Gasteiger partial charge on any atom is -0.350 e. The van der Waals surface area contributed by atoms with Gasteiger partial charge in [-0.15, -0.1) is 0 Å². The van der Waals surface area contributed by atoms with Crippen LogP contribution in [0.1, 0.15) is 42.3 Å². The smallest absolute Gasteiger partial charge is 0.162 e. The van der Waals surface area contributed by atoms with Crippen LogP contribution < -0.4 is 0 Å². The maximum Gasteiger partial charge on any atom is 0.162 e. The van der Waals surface area contributed by atoms with Crippen molar-refractivity contribution in [1.82, 2.24) is 0 Å². The summed E-state index contributed by atoms with van der Waals surface area (Å²) in [5.74, 6) is -0.439. The lowest BCUT2D eigenvalue weighted by Crippen LogP contribution is -2.47. The van der Waals surface area contributed by atoms with Gasteiger partial charge in [-0.25, -0.2) is 0 Å². The molecule has 0 atom stereocenters. The summed E-state index contributed by atoms with van der Waals surface area (Å²) in [6.45, 7) is 6.82. The fraction of sp³-hybridized carbons (Fsp3) is 0.450. The molecule has 1 fully saturated rings. The minimum absolute atomic E-state index is 0.0775. The average Bonchev–Trinajstić information content (AvgIpc) is 2.87. The Kier molecular flexibility index (Phi) is 3.54. The molecule has 126 valence electrons. The Balaban J connectivity index is 1.84. The van der Waals surface area contributed by atoms with Crippen molar-refractivity contribution < 1.29 is 14.3 Å². The van der Waals surface area contributed by atoms with Gasteiger partial charge in [-0.2, -0.15) is 0 Å². The molecule has 0 bridgehead atoms. The fourth-order valence-electron chi connectivity index (χ4n) is 4.03. The molecule has 0 N–H and O–H groups in total. The summed E-state index contributed by atoms with van der Waals surface area (Å²) in [5, 5.41) is 2.60. The van der Waals surface area contributed by atoms with Crippen molar-refractivity contribution in [2.45, 2.75) is 39.4 Å². The Morgan fingerprint density at radius 1 is 1.12 bits per heavy atom. The van der Waals surface area contributed by atoms with E-state index < -0.39 is 5.79 Å². The third kappa shape index (κ3) is 2.46. The van der Waals surface area contributed by atoms with Gasteiger partial charge in [-0.05, 0) is 62.3 Å². The van der Waals surface area contributed by atoms with Crippen LogP contribution in [0.5, 0.6) is 0 Å². The first-order chi connectivity index (χ1) is 11.3. The van der Waals surface area contributed by atoms with Gasteiger partial charge in [0, 0.05) is 21.4 Å². The molecule has 3 nitrogen and oxygen atoms in total. The van der Waals surface area contributed by atoms with Crippen LogP contribution in [0.2, 0.25) is 5.02 Å². The number of benzene rings is 2. The number of hydrogen-bond acceptors (Lipinski definition) is 3. The van der Waals surface area contributed by atoms with Crippen molar-refractivity contribution in [3.63, 3.8) is 0 Å². The number of Topliss-reactive ketones (excluding diaryl/α,β-unsaturated/α-hetero) is 1. The maximum absolute atomic E-state index is 12.4. The zero-order chi connectivity index (χ0) is 17.1. The lowest BCUT2D eigenvalue weighted by Gasteiger charge is -2.41. The van der Waals surface area contributed by atoms with E-state index in [2.05, 4.69) is 6.07 Å². The fourth-order valence-corrected chi connectivity index (χ4v) is 4.26. The zero-order valence-corrected chi connectivity index (χ0v) is 15.0. The molecular formula is C20H21ClO3. The van der Waals surface area contributed by atoms with Gasteiger partial charge in [-0.3, -0.25) is 4.79 Å². The summed E-state index contributed by atoms with van der Waals surface area (Å²) in [5.41, 5.74) is 3.08. The molecule has 4 heteroatoms. The number of ketones is 1. The molecule has 1 aliphatic carbocycles. The summed E-state index contributed by atoms with van der Waals surface area (Å²) >= 11 is 6.39. The van der Waals surface area contributed by atoms with Crippen LogP contribution in [0.15, 0.2) is 24.3 Å². The lowest BCUT2D eigenvalue weighted by atomic mass is 9.85. The Hall–Kier alpha value is -1.42.